The molecular weight excluding hydrogens is 275 g/mol. The number of hydrogen-bond donors (Lipinski definition) is 1. The summed E-state index contributed by atoms with van der Waals surface area (Å²) < 4.78 is 38.7. The molecule has 0 aliphatic carbocycles. The first-order chi connectivity index (χ1) is 10.0. The van der Waals surface area contributed by atoms with Crippen molar-refractivity contribution in [2.24, 2.45) is 0 Å². The first-order valence-corrected chi connectivity index (χ1v) is 6.95. The van der Waals surface area contributed by atoms with E-state index >= 15 is 0 Å². The van der Waals surface area contributed by atoms with Gasteiger partial charge in [0.2, 0.25) is 0 Å². The van der Waals surface area contributed by atoms with E-state index in [-0.39, 0.29) is 12.1 Å². The molecule has 2 rings (SSSR count). The summed E-state index contributed by atoms with van der Waals surface area (Å²) in [5, 5.41) is 3.11. The lowest BCUT2D eigenvalue weighted by Crippen LogP contribution is -2.17. The predicted octanol–water partition coefficient (Wildman–Crippen LogP) is 4.56. The molecule has 0 saturated heterocycles. The van der Waals surface area contributed by atoms with Gasteiger partial charge in [-0.25, -0.2) is 0 Å². The molecule has 0 radical (unpaired) electrons. The quantitative estimate of drug-likeness (QED) is 0.852. The zero-order valence-electron chi connectivity index (χ0n) is 11.9. The van der Waals surface area contributed by atoms with E-state index in [0.29, 0.717) is 6.54 Å². The average molecular weight is 293 g/mol. The molecule has 0 heterocycles. The number of rotatable bonds is 5. The fraction of sp³-hybridized carbons (Fsp3) is 0.294. The summed E-state index contributed by atoms with van der Waals surface area (Å²) in [6.07, 6.45) is -3.39. The molecular formula is C17H18F3N. The molecule has 0 bridgehead atoms. The Morgan fingerprint density at radius 1 is 0.810 bits per heavy atom. The van der Waals surface area contributed by atoms with Gasteiger partial charge in [0, 0.05) is 13.1 Å². The lowest BCUT2D eigenvalue weighted by molar-refractivity contribution is -0.138. The number of alkyl halides is 3. The van der Waals surface area contributed by atoms with E-state index in [9.17, 15) is 13.2 Å². The molecule has 2 aromatic carbocycles. The van der Waals surface area contributed by atoms with Gasteiger partial charge in [-0.1, -0.05) is 49.4 Å². The molecule has 0 aromatic heterocycles. The van der Waals surface area contributed by atoms with Crippen LogP contribution in [0.15, 0.2) is 48.5 Å². The van der Waals surface area contributed by atoms with Crippen molar-refractivity contribution < 1.29 is 13.2 Å². The molecule has 4 heteroatoms. The molecule has 2 aromatic rings. The molecule has 0 fully saturated rings. The highest BCUT2D eigenvalue weighted by Gasteiger charge is 2.32. The molecule has 1 N–H and O–H groups in total. The monoisotopic (exact) mass is 293 g/mol. The van der Waals surface area contributed by atoms with Gasteiger partial charge in [0.05, 0.1) is 5.56 Å². The van der Waals surface area contributed by atoms with Gasteiger partial charge in [0.15, 0.2) is 0 Å². The summed E-state index contributed by atoms with van der Waals surface area (Å²) in [7, 11) is 0. The van der Waals surface area contributed by atoms with Crippen molar-refractivity contribution in [1.82, 2.24) is 5.32 Å². The highest BCUT2D eigenvalue weighted by atomic mass is 19.4. The lowest BCUT2D eigenvalue weighted by atomic mass is 10.0. The van der Waals surface area contributed by atoms with Gasteiger partial charge in [0.1, 0.15) is 0 Å². The first-order valence-electron chi connectivity index (χ1n) is 6.95. The van der Waals surface area contributed by atoms with Crippen molar-refractivity contribution >= 4 is 0 Å². The van der Waals surface area contributed by atoms with E-state index in [1.54, 1.807) is 6.07 Å². The molecule has 0 amide bonds. The summed E-state index contributed by atoms with van der Waals surface area (Å²) in [6, 6.07) is 13.6. The maximum absolute atomic E-state index is 12.9. The fourth-order valence-electron chi connectivity index (χ4n) is 2.36. The van der Waals surface area contributed by atoms with Crippen LogP contribution in [-0.4, -0.2) is 0 Å². The Morgan fingerprint density at radius 2 is 1.33 bits per heavy atom. The molecule has 0 spiro atoms. The van der Waals surface area contributed by atoms with Gasteiger partial charge in [-0.3, -0.25) is 0 Å². The van der Waals surface area contributed by atoms with Crippen LogP contribution in [0.4, 0.5) is 13.2 Å². The third-order valence-corrected chi connectivity index (χ3v) is 3.45. The van der Waals surface area contributed by atoms with E-state index in [2.05, 4.69) is 12.2 Å². The Hall–Kier alpha value is -1.81. The highest BCUT2D eigenvalue weighted by molar-refractivity contribution is 5.30. The molecule has 0 unspecified atom stereocenters. The average Bonchev–Trinajstić information content (AvgIpc) is 2.47. The van der Waals surface area contributed by atoms with Gasteiger partial charge in [-0.15, -0.1) is 0 Å². The minimum atomic E-state index is -4.31. The second kappa shape index (κ2) is 6.76. The van der Waals surface area contributed by atoms with Crippen LogP contribution in [0.25, 0.3) is 0 Å². The predicted molar refractivity (Wildman–Crippen MR) is 77.8 cm³/mol. The number of aryl methyl sites for hydroxylation is 1. The van der Waals surface area contributed by atoms with Gasteiger partial charge in [-0.05, 0) is 29.2 Å². The van der Waals surface area contributed by atoms with Crippen molar-refractivity contribution in [1.29, 1.82) is 0 Å². The van der Waals surface area contributed by atoms with Crippen molar-refractivity contribution in [3.63, 3.8) is 0 Å². The van der Waals surface area contributed by atoms with Gasteiger partial charge in [0.25, 0.3) is 0 Å². The minimum absolute atomic E-state index is 0.202. The number of hydrogen-bond acceptors (Lipinski definition) is 1. The van der Waals surface area contributed by atoms with Crippen molar-refractivity contribution in [3.8, 4) is 0 Å². The van der Waals surface area contributed by atoms with Crippen LogP contribution in [0.5, 0.6) is 0 Å². The minimum Gasteiger partial charge on any atom is -0.309 e. The normalized spacial score (nSPS) is 11.6. The molecule has 0 aliphatic rings. The third-order valence-electron chi connectivity index (χ3n) is 3.45. The largest absolute Gasteiger partial charge is 0.416 e. The Bertz CT molecular complexity index is 591. The molecule has 112 valence electrons. The summed E-state index contributed by atoms with van der Waals surface area (Å²) >= 11 is 0. The smallest absolute Gasteiger partial charge is 0.309 e. The molecule has 0 aliphatic heterocycles. The van der Waals surface area contributed by atoms with Crippen molar-refractivity contribution in [2.75, 3.05) is 0 Å². The number of benzene rings is 2. The fourth-order valence-corrected chi connectivity index (χ4v) is 2.36. The van der Waals surface area contributed by atoms with Crippen molar-refractivity contribution in [2.45, 2.75) is 32.6 Å². The molecule has 0 saturated carbocycles. The molecule has 0 atom stereocenters. The maximum Gasteiger partial charge on any atom is 0.416 e. The van der Waals surface area contributed by atoms with Crippen LogP contribution >= 0.6 is 0 Å². The maximum atomic E-state index is 12.9. The van der Waals surface area contributed by atoms with Gasteiger partial charge < -0.3 is 5.32 Å². The van der Waals surface area contributed by atoms with Crippen LogP contribution in [-0.2, 0) is 25.7 Å². The Balaban J connectivity index is 2.04. The van der Waals surface area contributed by atoms with E-state index in [0.717, 1.165) is 18.1 Å². The van der Waals surface area contributed by atoms with Gasteiger partial charge in [-0.2, -0.15) is 13.2 Å². The number of halogens is 3. The zero-order valence-corrected chi connectivity index (χ0v) is 11.9. The van der Waals surface area contributed by atoms with E-state index < -0.39 is 11.7 Å². The van der Waals surface area contributed by atoms with Crippen LogP contribution in [0.2, 0.25) is 0 Å². The summed E-state index contributed by atoms with van der Waals surface area (Å²) in [5.74, 6) is 0. The third kappa shape index (κ3) is 4.08. The Morgan fingerprint density at radius 3 is 1.95 bits per heavy atom. The van der Waals surface area contributed by atoms with Crippen LogP contribution < -0.4 is 5.32 Å². The summed E-state index contributed by atoms with van der Waals surface area (Å²) in [5.41, 5.74) is 2.05. The van der Waals surface area contributed by atoms with E-state index in [4.69, 9.17) is 0 Å². The van der Waals surface area contributed by atoms with Gasteiger partial charge >= 0.3 is 6.18 Å². The molecule has 1 nitrogen and oxygen atoms in total. The Kier molecular flexibility index (Phi) is 5.02. The SMILES string of the molecule is CCc1ccccc1CNCc1ccccc1C(F)(F)F. The second-order valence-corrected chi connectivity index (χ2v) is 4.88. The van der Waals surface area contributed by atoms with E-state index in [1.807, 2.05) is 24.3 Å². The number of nitrogens with one attached hydrogen (secondary N) is 1. The Labute approximate surface area is 122 Å². The first kappa shape index (κ1) is 15.6. The van der Waals surface area contributed by atoms with E-state index in [1.165, 1.54) is 17.7 Å². The molecule has 21 heavy (non-hydrogen) atoms. The van der Waals surface area contributed by atoms with Crippen LogP contribution in [0.3, 0.4) is 0 Å². The summed E-state index contributed by atoms with van der Waals surface area (Å²) in [4.78, 5) is 0. The second-order valence-electron chi connectivity index (χ2n) is 4.88. The summed E-state index contributed by atoms with van der Waals surface area (Å²) in [6.45, 7) is 2.84. The lowest BCUT2D eigenvalue weighted by Gasteiger charge is -2.14. The van der Waals surface area contributed by atoms with Crippen LogP contribution in [0, 0.1) is 0 Å². The van der Waals surface area contributed by atoms with Crippen LogP contribution in [0.1, 0.15) is 29.2 Å². The topological polar surface area (TPSA) is 12.0 Å². The van der Waals surface area contributed by atoms with Crippen molar-refractivity contribution in [3.05, 3.63) is 70.8 Å². The highest BCUT2D eigenvalue weighted by Crippen LogP contribution is 2.31. The standard InChI is InChI=1S/C17H18F3N/c1-2-13-7-3-4-8-14(13)11-21-12-15-9-5-6-10-16(15)17(18,19)20/h3-10,21H,2,11-12H2,1H3. The zero-order chi connectivity index (χ0) is 15.3.